The van der Waals surface area contributed by atoms with Gasteiger partial charge in [0.1, 0.15) is 0 Å². The van der Waals surface area contributed by atoms with Gasteiger partial charge in [-0.2, -0.15) is 0 Å². The summed E-state index contributed by atoms with van der Waals surface area (Å²) in [5.41, 5.74) is 6.45. The standard InChI is InChI=1S/C12H17N3OS/c1-9(7-11(13)17)15-12(16)14-8-10-5-3-2-4-6-10/h2-6,9H,7-8H2,1H3,(H2,13,17)(H2,14,15,16). The summed E-state index contributed by atoms with van der Waals surface area (Å²) in [7, 11) is 0. The van der Waals surface area contributed by atoms with Crippen LogP contribution in [0.2, 0.25) is 0 Å². The van der Waals surface area contributed by atoms with Gasteiger partial charge in [0.25, 0.3) is 0 Å². The summed E-state index contributed by atoms with van der Waals surface area (Å²) >= 11 is 4.77. The van der Waals surface area contributed by atoms with Gasteiger partial charge in [-0.3, -0.25) is 0 Å². The second kappa shape index (κ2) is 6.85. The van der Waals surface area contributed by atoms with E-state index < -0.39 is 0 Å². The minimum atomic E-state index is -0.211. The molecule has 0 aromatic heterocycles. The van der Waals surface area contributed by atoms with Crippen LogP contribution in [0.5, 0.6) is 0 Å². The number of carbonyl (C=O) groups is 1. The molecule has 0 radical (unpaired) electrons. The van der Waals surface area contributed by atoms with Crippen LogP contribution < -0.4 is 16.4 Å². The van der Waals surface area contributed by atoms with Gasteiger partial charge in [-0.25, -0.2) is 4.79 Å². The number of rotatable bonds is 5. The molecule has 0 bridgehead atoms. The van der Waals surface area contributed by atoms with Gasteiger partial charge in [0.05, 0.1) is 4.99 Å². The first-order chi connectivity index (χ1) is 8.08. The van der Waals surface area contributed by atoms with E-state index in [-0.39, 0.29) is 12.1 Å². The van der Waals surface area contributed by atoms with Crippen molar-refractivity contribution in [2.24, 2.45) is 5.73 Å². The average Bonchev–Trinajstić information content (AvgIpc) is 2.26. The molecule has 2 amide bonds. The van der Waals surface area contributed by atoms with Crippen LogP contribution in [0.3, 0.4) is 0 Å². The highest BCUT2D eigenvalue weighted by Gasteiger charge is 2.07. The third-order valence-corrected chi connectivity index (χ3v) is 2.35. The van der Waals surface area contributed by atoms with E-state index in [2.05, 4.69) is 10.6 Å². The number of thiocarbonyl (C=S) groups is 1. The number of nitrogens with one attached hydrogen (secondary N) is 2. The van der Waals surface area contributed by atoms with Gasteiger partial charge in [0.15, 0.2) is 0 Å². The number of carbonyl (C=O) groups excluding carboxylic acids is 1. The molecule has 0 aliphatic rings. The lowest BCUT2D eigenvalue weighted by Gasteiger charge is -2.13. The summed E-state index contributed by atoms with van der Waals surface area (Å²) in [6, 6.07) is 9.46. The largest absolute Gasteiger partial charge is 0.393 e. The van der Waals surface area contributed by atoms with E-state index in [0.717, 1.165) is 5.56 Å². The molecule has 4 N–H and O–H groups in total. The van der Waals surface area contributed by atoms with Crippen molar-refractivity contribution in [1.29, 1.82) is 0 Å². The summed E-state index contributed by atoms with van der Waals surface area (Å²) < 4.78 is 0. The van der Waals surface area contributed by atoms with Crippen LogP contribution in [0, 0.1) is 0 Å². The highest BCUT2D eigenvalue weighted by atomic mass is 32.1. The Morgan fingerprint density at radius 1 is 1.41 bits per heavy atom. The maximum atomic E-state index is 11.5. The Morgan fingerprint density at radius 2 is 2.06 bits per heavy atom. The zero-order valence-electron chi connectivity index (χ0n) is 9.77. The molecule has 1 aromatic carbocycles. The molecule has 0 saturated heterocycles. The molecule has 1 aromatic rings. The van der Waals surface area contributed by atoms with E-state index in [1.807, 2.05) is 37.3 Å². The third kappa shape index (κ3) is 5.87. The predicted molar refractivity (Wildman–Crippen MR) is 72.7 cm³/mol. The van der Waals surface area contributed by atoms with Crippen molar-refractivity contribution in [2.45, 2.75) is 25.9 Å². The minimum Gasteiger partial charge on any atom is -0.393 e. The van der Waals surface area contributed by atoms with Gasteiger partial charge in [0, 0.05) is 19.0 Å². The molecule has 0 fully saturated rings. The first kappa shape index (κ1) is 13.4. The third-order valence-electron chi connectivity index (χ3n) is 2.18. The molecular formula is C12H17N3OS. The Morgan fingerprint density at radius 3 is 2.65 bits per heavy atom. The second-order valence-corrected chi connectivity index (χ2v) is 4.41. The molecule has 0 heterocycles. The van der Waals surface area contributed by atoms with Crippen LogP contribution in [0.25, 0.3) is 0 Å². The summed E-state index contributed by atoms with van der Waals surface area (Å²) in [5, 5.41) is 5.53. The van der Waals surface area contributed by atoms with E-state index in [4.69, 9.17) is 18.0 Å². The number of amides is 2. The summed E-state index contributed by atoms with van der Waals surface area (Å²) in [5.74, 6) is 0. The van der Waals surface area contributed by atoms with Crippen LogP contribution in [-0.4, -0.2) is 17.1 Å². The monoisotopic (exact) mass is 251 g/mol. The van der Waals surface area contributed by atoms with Crippen molar-refractivity contribution in [2.75, 3.05) is 0 Å². The van der Waals surface area contributed by atoms with E-state index in [1.54, 1.807) is 0 Å². The Labute approximate surface area is 107 Å². The van der Waals surface area contributed by atoms with Gasteiger partial charge < -0.3 is 16.4 Å². The van der Waals surface area contributed by atoms with Crippen LogP contribution in [0.1, 0.15) is 18.9 Å². The number of hydrogen-bond donors (Lipinski definition) is 3. The van der Waals surface area contributed by atoms with Gasteiger partial charge >= 0.3 is 6.03 Å². The molecular weight excluding hydrogens is 234 g/mol. The van der Waals surface area contributed by atoms with Crippen molar-refractivity contribution in [3.8, 4) is 0 Å². The average molecular weight is 251 g/mol. The van der Waals surface area contributed by atoms with Gasteiger partial charge in [-0.15, -0.1) is 0 Å². The minimum absolute atomic E-state index is 0.0525. The lowest BCUT2D eigenvalue weighted by Crippen LogP contribution is -2.41. The molecule has 0 spiro atoms. The molecule has 0 saturated carbocycles. The van der Waals surface area contributed by atoms with Crippen LogP contribution in [0.4, 0.5) is 4.79 Å². The molecule has 0 aliphatic heterocycles. The van der Waals surface area contributed by atoms with E-state index in [0.29, 0.717) is 18.0 Å². The number of hydrogen-bond acceptors (Lipinski definition) is 2. The van der Waals surface area contributed by atoms with Crippen molar-refractivity contribution >= 4 is 23.2 Å². The zero-order chi connectivity index (χ0) is 12.7. The fourth-order valence-corrected chi connectivity index (χ4v) is 1.66. The number of urea groups is 1. The van der Waals surface area contributed by atoms with E-state index in [9.17, 15) is 4.79 Å². The summed E-state index contributed by atoms with van der Waals surface area (Å²) in [6.45, 7) is 2.37. The Balaban J connectivity index is 2.28. The summed E-state index contributed by atoms with van der Waals surface area (Å²) in [4.78, 5) is 11.9. The maximum absolute atomic E-state index is 11.5. The second-order valence-electron chi connectivity index (χ2n) is 3.88. The highest BCUT2D eigenvalue weighted by molar-refractivity contribution is 7.80. The van der Waals surface area contributed by atoms with Gasteiger partial charge in [-0.1, -0.05) is 42.5 Å². The van der Waals surface area contributed by atoms with Crippen LogP contribution >= 0.6 is 12.2 Å². The number of benzene rings is 1. The van der Waals surface area contributed by atoms with E-state index >= 15 is 0 Å². The smallest absolute Gasteiger partial charge is 0.315 e. The van der Waals surface area contributed by atoms with Crippen LogP contribution in [-0.2, 0) is 6.54 Å². The molecule has 1 rings (SSSR count). The van der Waals surface area contributed by atoms with Crippen molar-refractivity contribution < 1.29 is 4.79 Å². The Bertz CT molecular complexity index is 381. The molecule has 1 unspecified atom stereocenters. The molecule has 1 atom stereocenters. The lowest BCUT2D eigenvalue weighted by molar-refractivity contribution is 0.237. The highest BCUT2D eigenvalue weighted by Crippen LogP contribution is 1.97. The van der Waals surface area contributed by atoms with Gasteiger partial charge in [-0.05, 0) is 12.5 Å². The quantitative estimate of drug-likeness (QED) is 0.696. The SMILES string of the molecule is CC(CC(N)=S)NC(=O)NCc1ccccc1. The van der Waals surface area contributed by atoms with Gasteiger partial charge in [0.2, 0.25) is 0 Å². The lowest BCUT2D eigenvalue weighted by atomic mass is 10.2. The fourth-order valence-electron chi connectivity index (χ4n) is 1.41. The first-order valence-electron chi connectivity index (χ1n) is 5.44. The molecule has 17 heavy (non-hydrogen) atoms. The fraction of sp³-hybridized carbons (Fsp3) is 0.333. The number of nitrogens with two attached hydrogens (primary N) is 1. The topological polar surface area (TPSA) is 67.1 Å². The molecule has 0 aliphatic carbocycles. The first-order valence-corrected chi connectivity index (χ1v) is 5.85. The molecule has 4 nitrogen and oxygen atoms in total. The predicted octanol–water partition coefficient (Wildman–Crippen LogP) is 1.55. The molecule has 5 heteroatoms. The normalized spacial score (nSPS) is 11.6. The zero-order valence-corrected chi connectivity index (χ0v) is 10.6. The van der Waals surface area contributed by atoms with E-state index in [1.165, 1.54) is 0 Å². The van der Waals surface area contributed by atoms with Crippen molar-refractivity contribution in [3.05, 3.63) is 35.9 Å². The van der Waals surface area contributed by atoms with Crippen LogP contribution in [0.15, 0.2) is 30.3 Å². The maximum Gasteiger partial charge on any atom is 0.315 e. The molecule has 92 valence electrons. The Hall–Kier alpha value is -1.62. The van der Waals surface area contributed by atoms with Crippen molar-refractivity contribution in [1.82, 2.24) is 10.6 Å². The van der Waals surface area contributed by atoms with Crippen molar-refractivity contribution in [3.63, 3.8) is 0 Å². The Kier molecular flexibility index (Phi) is 5.42. The summed E-state index contributed by atoms with van der Waals surface area (Å²) in [6.07, 6.45) is 0.508.